The third kappa shape index (κ3) is 4.92. The van der Waals surface area contributed by atoms with Crippen LogP contribution in [0.15, 0.2) is 6.33 Å². The molecule has 4 N–H and O–H groups in total. The number of nitrogens with two attached hydrogens (primary N) is 1. The highest BCUT2D eigenvalue weighted by Gasteiger charge is 2.54. The summed E-state index contributed by atoms with van der Waals surface area (Å²) in [6, 6.07) is 0. The Morgan fingerprint density at radius 1 is 1.28 bits per heavy atom. The molecule has 32 heavy (non-hydrogen) atoms. The van der Waals surface area contributed by atoms with Crippen molar-refractivity contribution in [3.63, 3.8) is 0 Å². The Morgan fingerprint density at radius 3 is 2.53 bits per heavy atom. The first-order valence-corrected chi connectivity index (χ1v) is 13.0. The molecule has 0 aromatic carbocycles. The van der Waals surface area contributed by atoms with E-state index in [2.05, 4.69) is 15.0 Å². The zero-order chi connectivity index (χ0) is 23.5. The highest BCUT2D eigenvalue weighted by molar-refractivity contribution is 7.58. The summed E-state index contributed by atoms with van der Waals surface area (Å²) in [7, 11) is -1.42. The monoisotopic (exact) mass is 471 g/mol. The summed E-state index contributed by atoms with van der Waals surface area (Å²) in [5, 5.41) is 21.9. The van der Waals surface area contributed by atoms with E-state index in [0.717, 1.165) is 25.7 Å². The molecule has 1 aliphatic rings. The number of aliphatic hydroxyl groups is 2. The molecule has 0 unspecified atom stereocenters. The molecule has 1 aliphatic heterocycles. The van der Waals surface area contributed by atoms with Crippen LogP contribution in [-0.2, 0) is 13.8 Å². The molecule has 11 nitrogen and oxygen atoms in total. The van der Waals surface area contributed by atoms with Crippen LogP contribution in [0.2, 0.25) is 0 Å². The predicted octanol–water partition coefficient (Wildman–Crippen LogP) is 2.32. The van der Waals surface area contributed by atoms with Crippen molar-refractivity contribution < 1.29 is 28.8 Å². The van der Waals surface area contributed by atoms with Gasteiger partial charge in [-0.25, -0.2) is 4.98 Å². The number of unbranched alkanes of at least 4 members (excludes halogenated alkanes) is 2. The van der Waals surface area contributed by atoms with Gasteiger partial charge in [-0.1, -0.05) is 26.7 Å². The van der Waals surface area contributed by atoms with Gasteiger partial charge in [0, 0.05) is 12.3 Å². The maximum absolute atomic E-state index is 13.3. The van der Waals surface area contributed by atoms with Crippen molar-refractivity contribution in [2.45, 2.75) is 70.5 Å². The molecular formula is C20H34N5O6P. The number of ether oxygens (including phenoxy) is 2. The van der Waals surface area contributed by atoms with Gasteiger partial charge < -0.3 is 29.9 Å². The minimum Gasteiger partial charge on any atom is -0.479 e. The smallest absolute Gasteiger partial charge is 0.246 e. The van der Waals surface area contributed by atoms with Gasteiger partial charge in [-0.2, -0.15) is 9.97 Å². The number of aliphatic hydroxyl groups excluding tert-OH is 1. The van der Waals surface area contributed by atoms with Crippen LogP contribution in [0.1, 0.15) is 52.7 Å². The number of fused-ring (bicyclic) bond motifs is 1. The topological polar surface area (TPSA) is 155 Å². The number of anilines is 1. The number of nitrogen functional groups attached to an aromatic ring is 1. The lowest BCUT2D eigenvalue weighted by atomic mass is 9.96. The lowest BCUT2D eigenvalue weighted by Crippen LogP contribution is -2.44. The van der Waals surface area contributed by atoms with Crippen LogP contribution in [0, 0.1) is 0 Å². The lowest BCUT2D eigenvalue weighted by Gasteiger charge is -2.27. The van der Waals surface area contributed by atoms with E-state index in [1.807, 2.05) is 13.8 Å². The van der Waals surface area contributed by atoms with Crippen molar-refractivity contribution in [3.05, 3.63) is 6.33 Å². The SMILES string of the molecule is CCCCP(=O)(CCCC)OC[C@H]1O[C@@H](n2cnc3c(OC)nc(N)nc32)[C@](C)(O)[C@@H]1O. The molecule has 3 rings (SSSR count). The van der Waals surface area contributed by atoms with E-state index >= 15 is 0 Å². The summed E-state index contributed by atoms with van der Waals surface area (Å²) in [4.78, 5) is 12.4. The predicted molar refractivity (Wildman–Crippen MR) is 120 cm³/mol. The summed E-state index contributed by atoms with van der Waals surface area (Å²) >= 11 is 0. The van der Waals surface area contributed by atoms with Gasteiger partial charge in [0.15, 0.2) is 17.4 Å². The second kappa shape index (κ2) is 10.0. The average Bonchev–Trinajstić information content (AvgIpc) is 3.27. The third-order valence-electron chi connectivity index (χ3n) is 5.79. The second-order valence-electron chi connectivity index (χ2n) is 8.38. The molecule has 180 valence electrons. The maximum Gasteiger partial charge on any atom is 0.246 e. The Balaban J connectivity index is 1.82. The number of methoxy groups -OCH3 is 1. The molecular weight excluding hydrogens is 437 g/mol. The van der Waals surface area contributed by atoms with Crippen molar-refractivity contribution in [2.24, 2.45) is 0 Å². The van der Waals surface area contributed by atoms with E-state index in [0.29, 0.717) is 23.5 Å². The minimum atomic E-state index is -2.85. The summed E-state index contributed by atoms with van der Waals surface area (Å²) in [5.74, 6) is 0.166. The fourth-order valence-corrected chi connectivity index (χ4v) is 6.34. The first-order chi connectivity index (χ1) is 15.2. The van der Waals surface area contributed by atoms with Gasteiger partial charge in [0.25, 0.3) is 0 Å². The van der Waals surface area contributed by atoms with Crippen molar-refractivity contribution >= 4 is 24.5 Å². The number of rotatable bonds is 11. The average molecular weight is 471 g/mol. The summed E-state index contributed by atoms with van der Waals surface area (Å²) in [6.07, 6.45) is 2.66. The number of nitrogens with zero attached hydrogens (tertiary/aromatic N) is 4. The molecule has 4 atom stereocenters. The van der Waals surface area contributed by atoms with Crippen molar-refractivity contribution in [3.8, 4) is 5.88 Å². The molecule has 0 amide bonds. The first-order valence-electron chi connectivity index (χ1n) is 11.0. The van der Waals surface area contributed by atoms with Gasteiger partial charge in [-0.05, 0) is 19.8 Å². The van der Waals surface area contributed by atoms with Gasteiger partial charge in [0.1, 0.15) is 17.8 Å². The zero-order valence-electron chi connectivity index (χ0n) is 19.1. The third-order valence-corrected chi connectivity index (χ3v) is 8.40. The zero-order valence-corrected chi connectivity index (χ0v) is 20.0. The fraction of sp³-hybridized carbons (Fsp3) is 0.750. The molecule has 2 aromatic heterocycles. The molecule has 0 bridgehead atoms. The highest BCUT2D eigenvalue weighted by atomic mass is 31.2. The van der Waals surface area contributed by atoms with Crippen LogP contribution in [0.4, 0.5) is 5.95 Å². The van der Waals surface area contributed by atoms with Crippen molar-refractivity contribution in [1.82, 2.24) is 19.5 Å². The molecule has 2 aromatic rings. The Kier molecular flexibility index (Phi) is 7.77. The molecule has 0 saturated carbocycles. The quantitative estimate of drug-likeness (QED) is 0.416. The highest BCUT2D eigenvalue weighted by Crippen LogP contribution is 2.50. The van der Waals surface area contributed by atoms with Gasteiger partial charge in [-0.3, -0.25) is 9.13 Å². The summed E-state index contributed by atoms with van der Waals surface area (Å²) in [6.45, 7) is 5.45. The minimum absolute atomic E-state index is 0.0260. The van der Waals surface area contributed by atoms with E-state index in [1.165, 1.54) is 24.9 Å². The van der Waals surface area contributed by atoms with Gasteiger partial charge in [0.2, 0.25) is 19.2 Å². The van der Waals surface area contributed by atoms with E-state index in [-0.39, 0.29) is 18.4 Å². The first kappa shape index (κ1) is 24.9. The second-order valence-corrected chi connectivity index (χ2v) is 11.2. The van der Waals surface area contributed by atoms with Crippen LogP contribution in [0.3, 0.4) is 0 Å². The van der Waals surface area contributed by atoms with Crippen molar-refractivity contribution in [1.29, 1.82) is 0 Å². The maximum atomic E-state index is 13.3. The summed E-state index contributed by atoms with van der Waals surface area (Å²) in [5.41, 5.74) is 4.73. The van der Waals surface area contributed by atoms with Gasteiger partial charge in [0.05, 0.1) is 20.0 Å². The molecule has 1 fully saturated rings. The fourth-order valence-electron chi connectivity index (χ4n) is 3.85. The van der Waals surface area contributed by atoms with Crippen LogP contribution in [0.5, 0.6) is 5.88 Å². The van der Waals surface area contributed by atoms with E-state index in [9.17, 15) is 14.8 Å². The molecule has 3 heterocycles. The van der Waals surface area contributed by atoms with Crippen LogP contribution in [-0.4, -0.2) is 73.6 Å². The Morgan fingerprint density at radius 2 is 1.94 bits per heavy atom. The van der Waals surface area contributed by atoms with E-state index < -0.39 is 31.4 Å². The molecule has 0 aliphatic carbocycles. The van der Waals surface area contributed by atoms with Crippen LogP contribution >= 0.6 is 7.37 Å². The standard InChI is InChI=1S/C20H34N5O6P/c1-5-7-9-32(28,10-8-6-2)30-11-13-15(26)20(3,27)18(31-13)25-12-22-14-16(25)23-19(21)24-17(14)29-4/h12-13,15,18,26-27H,5-11H2,1-4H3,(H2,21,23,24)/t13-,15-,18-,20-/m1/s1. The molecule has 0 spiro atoms. The Labute approximate surface area is 187 Å². The normalized spacial score (nSPS) is 26.1. The number of aromatic nitrogens is 4. The number of imidazole rings is 1. The summed E-state index contributed by atoms with van der Waals surface area (Å²) < 4.78 is 31.8. The Bertz CT molecular complexity index is 955. The van der Waals surface area contributed by atoms with Crippen LogP contribution in [0.25, 0.3) is 11.2 Å². The van der Waals surface area contributed by atoms with Crippen LogP contribution < -0.4 is 10.5 Å². The molecule has 12 heteroatoms. The van der Waals surface area contributed by atoms with Crippen molar-refractivity contribution in [2.75, 3.05) is 31.8 Å². The molecule has 0 radical (unpaired) electrons. The van der Waals surface area contributed by atoms with Gasteiger partial charge >= 0.3 is 0 Å². The number of hydrogen-bond acceptors (Lipinski definition) is 10. The Hall–Kier alpha value is -1.78. The lowest BCUT2D eigenvalue weighted by molar-refractivity contribution is -0.0947. The molecule has 1 saturated heterocycles. The van der Waals surface area contributed by atoms with Gasteiger partial charge in [-0.15, -0.1) is 0 Å². The van der Waals surface area contributed by atoms with E-state index in [4.69, 9.17) is 19.7 Å². The number of hydrogen-bond donors (Lipinski definition) is 3. The van der Waals surface area contributed by atoms with E-state index in [1.54, 1.807) is 0 Å². The largest absolute Gasteiger partial charge is 0.479 e.